The Morgan fingerprint density at radius 3 is 2.62 bits per heavy atom. The number of nitrogen functional groups attached to an aromatic ring is 1. The first-order chi connectivity index (χ1) is 10.1. The Morgan fingerprint density at radius 2 is 1.95 bits per heavy atom. The van der Waals surface area contributed by atoms with Crippen LogP contribution in [0, 0.1) is 0 Å². The molecule has 2 aromatic rings. The van der Waals surface area contributed by atoms with E-state index in [-0.39, 0.29) is 5.91 Å². The lowest BCUT2D eigenvalue weighted by atomic mass is 10.1. The average molecular weight is 305 g/mol. The lowest BCUT2D eigenvalue weighted by molar-refractivity contribution is 0.0951. The number of ether oxygens (including phenoxy) is 1. The van der Waals surface area contributed by atoms with Crippen LogP contribution < -0.4 is 15.8 Å². The van der Waals surface area contributed by atoms with Crippen LogP contribution in [0.3, 0.4) is 0 Å². The van der Waals surface area contributed by atoms with Crippen LogP contribution in [0.5, 0.6) is 5.75 Å². The van der Waals surface area contributed by atoms with Gasteiger partial charge in [-0.1, -0.05) is 29.8 Å². The number of halogens is 1. The van der Waals surface area contributed by atoms with E-state index in [4.69, 9.17) is 22.1 Å². The summed E-state index contributed by atoms with van der Waals surface area (Å²) >= 11 is 5.83. The second-order valence-electron chi connectivity index (χ2n) is 4.56. The zero-order chi connectivity index (χ0) is 15.2. The Labute approximate surface area is 128 Å². The van der Waals surface area contributed by atoms with Gasteiger partial charge >= 0.3 is 0 Å². The molecule has 0 saturated heterocycles. The summed E-state index contributed by atoms with van der Waals surface area (Å²) in [7, 11) is 1.50. The molecule has 1 amide bonds. The van der Waals surface area contributed by atoms with Gasteiger partial charge in [-0.05, 0) is 36.2 Å². The number of nitrogens with one attached hydrogen (secondary N) is 1. The van der Waals surface area contributed by atoms with Crippen molar-refractivity contribution >= 4 is 23.2 Å². The first-order valence-corrected chi connectivity index (χ1v) is 6.94. The molecule has 0 atom stereocenters. The van der Waals surface area contributed by atoms with Gasteiger partial charge in [-0.2, -0.15) is 0 Å². The van der Waals surface area contributed by atoms with E-state index in [2.05, 4.69) is 5.32 Å². The SMILES string of the molecule is COc1c(N)cccc1C(=O)NCCc1ccc(Cl)cc1. The van der Waals surface area contributed by atoms with E-state index < -0.39 is 0 Å². The maximum absolute atomic E-state index is 12.2. The van der Waals surface area contributed by atoms with Crippen LogP contribution in [0.15, 0.2) is 42.5 Å². The fraction of sp³-hybridized carbons (Fsp3) is 0.188. The zero-order valence-electron chi connectivity index (χ0n) is 11.7. The Hall–Kier alpha value is -2.20. The Morgan fingerprint density at radius 1 is 1.24 bits per heavy atom. The lowest BCUT2D eigenvalue weighted by Gasteiger charge is -2.11. The molecule has 4 nitrogen and oxygen atoms in total. The maximum Gasteiger partial charge on any atom is 0.255 e. The largest absolute Gasteiger partial charge is 0.494 e. The Bertz CT molecular complexity index is 627. The molecule has 0 bridgehead atoms. The monoisotopic (exact) mass is 304 g/mol. The third-order valence-corrected chi connectivity index (χ3v) is 3.36. The van der Waals surface area contributed by atoms with Crippen molar-refractivity contribution in [1.82, 2.24) is 5.32 Å². The van der Waals surface area contributed by atoms with E-state index in [1.165, 1.54) is 7.11 Å². The number of para-hydroxylation sites is 1. The second-order valence-corrected chi connectivity index (χ2v) is 5.00. The fourth-order valence-electron chi connectivity index (χ4n) is 2.03. The van der Waals surface area contributed by atoms with Gasteiger partial charge < -0.3 is 15.8 Å². The average Bonchev–Trinajstić information content (AvgIpc) is 2.49. The number of anilines is 1. The molecule has 21 heavy (non-hydrogen) atoms. The van der Waals surface area contributed by atoms with E-state index in [0.29, 0.717) is 28.6 Å². The highest BCUT2D eigenvalue weighted by atomic mass is 35.5. The molecule has 3 N–H and O–H groups in total. The third-order valence-electron chi connectivity index (χ3n) is 3.11. The summed E-state index contributed by atoms with van der Waals surface area (Å²) in [5, 5.41) is 3.56. The van der Waals surface area contributed by atoms with Crippen molar-refractivity contribution in [2.45, 2.75) is 6.42 Å². The van der Waals surface area contributed by atoms with Crippen molar-refractivity contribution in [3.05, 3.63) is 58.6 Å². The number of hydrogen-bond donors (Lipinski definition) is 2. The maximum atomic E-state index is 12.2. The van der Waals surface area contributed by atoms with Crippen molar-refractivity contribution < 1.29 is 9.53 Å². The molecule has 0 heterocycles. The molecule has 0 aromatic heterocycles. The number of carbonyl (C=O) groups is 1. The van der Waals surface area contributed by atoms with Gasteiger partial charge in [0, 0.05) is 11.6 Å². The topological polar surface area (TPSA) is 64.3 Å². The summed E-state index contributed by atoms with van der Waals surface area (Å²) in [4.78, 5) is 12.2. The minimum absolute atomic E-state index is 0.201. The predicted octanol–water partition coefficient (Wildman–Crippen LogP) is 2.90. The smallest absolute Gasteiger partial charge is 0.255 e. The van der Waals surface area contributed by atoms with Crippen LogP contribution in [0.4, 0.5) is 5.69 Å². The minimum Gasteiger partial charge on any atom is -0.494 e. The number of rotatable bonds is 5. The molecule has 110 valence electrons. The number of hydrogen-bond acceptors (Lipinski definition) is 3. The highest BCUT2D eigenvalue weighted by molar-refractivity contribution is 6.30. The normalized spacial score (nSPS) is 10.2. The molecule has 0 aliphatic heterocycles. The molecule has 0 aliphatic carbocycles. The van der Waals surface area contributed by atoms with Gasteiger partial charge in [0.25, 0.3) is 5.91 Å². The minimum atomic E-state index is -0.201. The zero-order valence-corrected chi connectivity index (χ0v) is 12.5. The van der Waals surface area contributed by atoms with Gasteiger partial charge in [-0.15, -0.1) is 0 Å². The van der Waals surface area contributed by atoms with E-state index in [9.17, 15) is 4.79 Å². The van der Waals surface area contributed by atoms with E-state index >= 15 is 0 Å². The van der Waals surface area contributed by atoms with Crippen LogP contribution in [0.2, 0.25) is 5.02 Å². The fourth-order valence-corrected chi connectivity index (χ4v) is 2.15. The van der Waals surface area contributed by atoms with Gasteiger partial charge in [0.2, 0.25) is 0 Å². The quantitative estimate of drug-likeness (QED) is 0.835. The summed E-state index contributed by atoms with van der Waals surface area (Å²) in [6.07, 6.45) is 0.730. The van der Waals surface area contributed by atoms with Gasteiger partial charge in [0.15, 0.2) is 5.75 Å². The number of benzene rings is 2. The van der Waals surface area contributed by atoms with Gasteiger partial charge in [0.1, 0.15) is 0 Å². The van der Waals surface area contributed by atoms with Gasteiger partial charge in [-0.25, -0.2) is 0 Å². The number of carbonyl (C=O) groups excluding carboxylic acids is 1. The Balaban J connectivity index is 1.96. The van der Waals surface area contributed by atoms with Crippen LogP contribution in [-0.4, -0.2) is 19.6 Å². The van der Waals surface area contributed by atoms with Crippen LogP contribution in [0.1, 0.15) is 15.9 Å². The standard InChI is InChI=1S/C16H17ClN2O2/c1-21-15-13(3-2-4-14(15)18)16(20)19-10-9-11-5-7-12(17)8-6-11/h2-8H,9-10,18H2,1H3,(H,19,20). The molecule has 0 fully saturated rings. The number of nitrogens with two attached hydrogens (primary N) is 1. The van der Waals surface area contributed by atoms with E-state index in [1.54, 1.807) is 18.2 Å². The second kappa shape index (κ2) is 6.99. The van der Waals surface area contributed by atoms with Crippen molar-refractivity contribution in [2.24, 2.45) is 0 Å². The highest BCUT2D eigenvalue weighted by Gasteiger charge is 2.13. The van der Waals surface area contributed by atoms with Crippen molar-refractivity contribution in [3.8, 4) is 5.75 Å². The molecule has 0 saturated carbocycles. The van der Waals surface area contributed by atoms with Gasteiger partial charge in [-0.3, -0.25) is 4.79 Å². The molecule has 0 spiro atoms. The Kier molecular flexibility index (Phi) is 5.06. The third kappa shape index (κ3) is 3.89. The van der Waals surface area contributed by atoms with E-state index in [1.807, 2.05) is 24.3 Å². The van der Waals surface area contributed by atoms with Gasteiger partial charge in [0.05, 0.1) is 18.4 Å². The molecule has 0 aliphatic rings. The summed E-state index contributed by atoms with van der Waals surface area (Å²) in [6, 6.07) is 12.7. The molecular weight excluding hydrogens is 288 g/mol. The molecule has 2 aromatic carbocycles. The molecule has 0 unspecified atom stereocenters. The predicted molar refractivity (Wildman–Crippen MR) is 84.9 cm³/mol. The first kappa shape index (κ1) is 15.2. The van der Waals surface area contributed by atoms with Crippen LogP contribution in [-0.2, 0) is 6.42 Å². The van der Waals surface area contributed by atoms with Crippen molar-refractivity contribution in [2.75, 3.05) is 19.4 Å². The van der Waals surface area contributed by atoms with Crippen LogP contribution in [0.25, 0.3) is 0 Å². The summed E-state index contributed by atoms with van der Waals surface area (Å²) in [5.74, 6) is 0.203. The molecule has 0 radical (unpaired) electrons. The summed E-state index contributed by atoms with van der Waals surface area (Å²) in [5.41, 5.74) is 7.78. The van der Waals surface area contributed by atoms with Crippen LogP contribution >= 0.6 is 11.6 Å². The highest BCUT2D eigenvalue weighted by Crippen LogP contribution is 2.25. The molecule has 5 heteroatoms. The number of amides is 1. The van der Waals surface area contributed by atoms with Crippen molar-refractivity contribution in [3.63, 3.8) is 0 Å². The molecule has 2 rings (SSSR count). The number of methoxy groups -OCH3 is 1. The summed E-state index contributed by atoms with van der Waals surface area (Å²) in [6.45, 7) is 0.526. The van der Waals surface area contributed by atoms with Crippen molar-refractivity contribution in [1.29, 1.82) is 0 Å². The molecular formula is C16H17ClN2O2. The first-order valence-electron chi connectivity index (χ1n) is 6.57. The summed E-state index contributed by atoms with van der Waals surface area (Å²) < 4.78 is 5.17. The van der Waals surface area contributed by atoms with E-state index in [0.717, 1.165) is 12.0 Å². The lowest BCUT2D eigenvalue weighted by Crippen LogP contribution is -2.26.